The molecular weight excluding hydrogens is 356 g/mol. The number of hydrogen-bond acceptors (Lipinski definition) is 4. The van der Waals surface area contributed by atoms with Gasteiger partial charge in [0, 0.05) is 11.4 Å². The number of carbonyl (C=O) groups is 2. The van der Waals surface area contributed by atoms with Gasteiger partial charge in [-0.25, -0.2) is 0 Å². The van der Waals surface area contributed by atoms with Crippen molar-refractivity contribution in [3.05, 3.63) is 83.9 Å². The van der Waals surface area contributed by atoms with Crippen molar-refractivity contribution in [3.63, 3.8) is 0 Å². The molecule has 0 saturated carbocycles. The Bertz CT molecular complexity index is 903. The molecule has 2 amide bonds. The number of methoxy groups -OCH3 is 2. The molecule has 0 aliphatic rings. The fraction of sp³-hybridized carbons (Fsp3) is 0.0909. The van der Waals surface area contributed by atoms with Gasteiger partial charge in [-0.05, 0) is 48.5 Å². The van der Waals surface area contributed by atoms with Crippen LogP contribution >= 0.6 is 0 Å². The van der Waals surface area contributed by atoms with Gasteiger partial charge in [0.25, 0.3) is 11.8 Å². The van der Waals surface area contributed by atoms with E-state index < -0.39 is 0 Å². The third kappa shape index (κ3) is 4.29. The summed E-state index contributed by atoms with van der Waals surface area (Å²) in [5.74, 6) is 0.452. The highest BCUT2D eigenvalue weighted by molar-refractivity contribution is 6.07. The number of para-hydroxylation sites is 2. The first-order valence-electron chi connectivity index (χ1n) is 8.61. The average molecular weight is 376 g/mol. The lowest BCUT2D eigenvalue weighted by molar-refractivity contribution is 0.101. The predicted molar refractivity (Wildman–Crippen MR) is 108 cm³/mol. The van der Waals surface area contributed by atoms with Gasteiger partial charge in [0.15, 0.2) is 0 Å². The zero-order chi connectivity index (χ0) is 19.9. The lowest BCUT2D eigenvalue weighted by Gasteiger charge is -2.11. The topological polar surface area (TPSA) is 76.7 Å². The Morgan fingerprint density at radius 3 is 1.32 bits per heavy atom. The minimum Gasteiger partial charge on any atom is -0.496 e. The van der Waals surface area contributed by atoms with E-state index in [4.69, 9.17) is 9.47 Å². The summed E-state index contributed by atoms with van der Waals surface area (Å²) in [6.07, 6.45) is 0. The van der Waals surface area contributed by atoms with E-state index in [2.05, 4.69) is 10.6 Å². The zero-order valence-electron chi connectivity index (χ0n) is 15.6. The van der Waals surface area contributed by atoms with E-state index in [9.17, 15) is 9.59 Å². The van der Waals surface area contributed by atoms with Gasteiger partial charge in [0.1, 0.15) is 11.5 Å². The van der Waals surface area contributed by atoms with E-state index in [0.29, 0.717) is 34.0 Å². The third-order valence-corrected chi connectivity index (χ3v) is 4.10. The molecule has 3 rings (SSSR count). The van der Waals surface area contributed by atoms with Gasteiger partial charge in [-0.15, -0.1) is 0 Å². The Kier molecular flexibility index (Phi) is 5.91. The summed E-state index contributed by atoms with van der Waals surface area (Å²) < 4.78 is 10.4. The lowest BCUT2D eigenvalue weighted by Crippen LogP contribution is -2.14. The largest absolute Gasteiger partial charge is 0.496 e. The Morgan fingerprint density at radius 1 is 0.607 bits per heavy atom. The SMILES string of the molecule is COc1ccccc1C(=O)Nc1ccc(NC(=O)c2ccccc2OC)cc1. The second-order valence-electron chi connectivity index (χ2n) is 5.89. The van der Waals surface area contributed by atoms with Crippen LogP contribution in [-0.4, -0.2) is 26.0 Å². The molecule has 0 radical (unpaired) electrons. The zero-order valence-corrected chi connectivity index (χ0v) is 15.6. The highest BCUT2D eigenvalue weighted by atomic mass is 16.5. The summed E-state index contributed by atoms with van der Waals surface area (Å²) in [4.78, 5) is 24.9. The molecule has 0 aromatic heterocycles. The standard InChI is InChI=1S/C22H20N2O4/c1-27-19-9-5-3-7-17(19)21(25)23-15-11-13-16(14-12-15)24-22(26)18-8-4-6-10-20(18)28-2/h3-14H,1-2H3,(H,23,25)(H,24,26). The number of hydrogen-bond donors (Lipinski definition) is 2. The molecule has 142 valence electrons. The molecule has 0 bridgehead atoms. The monoisotopic (exact) mass is 376 g/mol. The van der Waals surface area contributed by atoms with Crippen LogP contribution in [0.15, 0.2) is 72.8 Å². The molecule has 3 aromatic rings. The lowest BCUT2D eigenvalue weighted by atomic mass is 10.1. The molecule has 0 fully saturated rings. The first kappa shape index (κ1) is 19.0. The van der Waals surface area contributed by atoms with Crippen molar-refractivity contribution in [2.24, 2.45) is 0 Å². The number of benzene rings is 3. The van der Waals surface area contributed by atoms with Gasteiger partial charge in [-0.3, -0.25) is 9.59 Å². The van der Waals surface area contributed by atoms with E-state index in [1.165, 1.54) is 14.2 Å². The molecular formula is C22H20N2O4. The molecule has 0 unspecified atom stereocenters. The van der Waals surface area contributed by atoms with Gasteiger partial charge in [-0.2, -0.15) is 0 Å². The molecule has 0 spiro atoms. The number of amides is 2. The Morgan fingerprint density at radius 2 is 0.964 bits per heavy atom. The van der Waals surface area contributed by atoms with Crippen molar-refractivity contribution >= 4 is 23.2 Å². The van der Waals surface area contributed by atoms with Crippen molar-refractivity contribution in [1.82, 2.24) is 0 Å². The second kappa shape index (κ2) is 8.73. The first-order chi connectivity index (χ1) is 13.6. The van der Waals surface area contributed by atoms with Crippen LogP contribution in [0.25, 0.3) is 0 Å². The molecule has 0 atom stereocenters. The summed E-state index contributed by atoms with van der Waals surface area (Å²) in [5.41, 5.74) is 2.09. The van der Waals surface area contributed by atoms with Gasteiger partial charge in [0.05, 0.1) is 25.3 Å². The highest BCUT2D eigenvalue weighted by Gasteiger charge is 2.13. The van der Waals surface area contributed by atoms with Crippen molar-refractivity contribution in [1.29, 1.82) is 0 Å². The van der Waals surface area contributed by atoms with Crippen molar-refractivity contribution in [3.8, 4) is 11.5 Å². The summed E-state index contributed by atoms with van der Waals surface area (Å²) >= 11 is 0. The molecule has 6 nitrogen and oxygen atoms in total. The van der Waals surface area contributed by atoms with Crippen molar-refractivity contribution < 1.29 is 19.1 Å². The minimum absolute atomic E-state index is 0.275. The van der Waals surface area contributed by atoms with Gasteiger partial charge < -0.3 is 20.1 Å². The highest BCUT2D eigenvalue weighted by Crippen LogP contribution is 2.22. The molecule has 28 heavy (non-hydrogen) atoms. The van der Waals surface area contributed by atoms with Crippen LogP contribution in [0, 0.1) is 0 Å². The maximum absolute atomic E-state index is 12.4. The Hall–Kier alpha value is -3.80. The van der Waals surface area contributed by atoms with Crippen molar-refractivity contribution in [2.75, 3.05) is 24.9 Å². The van der Waals surface area contributed by atoms with Crippen LogP contribution in [0.2, 0.25) is 0 Å². The van der Waals surface area contributed by atoms with Gasteiger partial charge in [0.2, 0.25) is 0 Å². The fourth-order valence-corrected chi connectivity index (χ4v) is 2.70. The molecule has 6 heteroatoms. The molecule has 0 saturated heterocycles. The second-order valence-corrected chi connectivity index (χ2v) is 5.89. The maximum Gasteiger partial charge on any atom is 0.259 e. The Balaban J connectivity index is 1.68. The first-order valence-corrected chi connectivity index (χ1v) is 8.61. The number of ether oxygens (including phenoxy) is 2. The van der Waals surface area contributed by atoms with Gasteiger partial charge >= 0.3 is 0 Å². The molecule has 2 N–H and O–H groups in total. The average Bonchev–Trinajstić information content (AvgIpc) is 2.74. The van der Waals surface area contributed by atoms with E-state index >= 15 is 0 Å². The third-order valence-electron chi connectivity index (χ3n) is 4.10. The minimum atomic E-state index is -0.275. The Labute approximate surface area is 163 Å². The normalized spacial score (nSPS) is 10.1. The van der Waals surface area contributed by atoms with Crippen LogP contribution < -0.4 is 20.1 Å². The smallest absolute Gasteiger partial charge is 0.259 e. The quantitative estimate of drug-likeness (QED) is 0.676. The summed E-state index contributed by atoms with van der Waals surface area (Å²) in [7, 11) is 3.04. The van der Waals surface area contributed by atoms with E-state index in [0.717, 1.165) is 0 Å². The fourth-order valence-electron chi connectivity index (χ4n) is 2.70. The number of anilines is 2. The van der Waals surface area contributed by atoms with E-state index in [1.807, 2.05) is 0 Å². The van der Waals surface area contributed by atoms with Crippen LogP contribution in [0.5, 0.6) is 11.5 Å². The number of rotatable bonds is 6. The molecule has 0 aliphatic carbocycles. The number of carbonyl (C=O) groups excluding carboxylic acids is 2. The predicted octanol–water partition coefficient (Wildman–Crippen LogP) is 4.21. The molecule has 0 aliphatic heterocycles. The van der Waals surface area contributed by atoms with E-state index in [-0.39, 0.29) is 11.8 Å². The number of nitrogens with one attached hydrogen (secondary N) is 2. The van der Waals surface area contributed by atoms with Gasteiger partial charge in [-0.1, -0.05) is 24.3 Å². The van der Waals surface area contributed by atoms with Crippen LogP contribution in [-0.2, 0) is 0 Å². The molecule has 3 aromatic carbocycles. The maximum atomic E-state index is 12.4. The summed E-state index contributed by atoms with van der Waals surface area (Å²) in [5, 5.41) is 5.62. The van der Waals surface area contributed by atoms with E-state index in [1.54, 1.807) is 72.8 Å². The summed E-state index contributed by atoms with van der Waals surface area (Å²) in [6, 6.07) is 20.8. The van der Waals surface area contributed by atoms with Crippen LogP contribution in [0.1, 0.15) is 20.7 Å². The van der Waals surface area contributed by atoms with Crippen molar-refractivity contribution in [2.45, 2.75) is 0 Å². The molecule has 0 heterocycles. The van der Waals surface area contributed by atoms with Crippen LogP contribution in [0.3, 0.4) is 0 Å². The summed E-state index contributed by atoms with van der Waals surface area (Å²) in [6.45, 7) is 0. The van der Waals surface area contributed by atoms with Crippen LogP contribution in [0.4, 0.5) is 11.4 Å².